The molecule has 0 saturated heterocycles. The summed E-state index contributed by atoms with van der Waals surface area (Å²) in [6.07, 6.45) is -0.858. The zero-order valence-electron chi connectivity index (χ0n) is 11.6. The summed E-state index contributed by atoms with van der Waals surface area (Å²) >= 11 is 12.5. The summed E-state index contributed by atoms with van der Waals surface area (Å²) in [6, 6.07) is 12.5. The summed E-state index contributed by atoms with van der Waals surface area (Å²) in [4.78, 5) is 0. The zero-order valence-corrected chi connectivity index (χ0v) is 13.1. The maximum Gasteiger partial charge on any atom is 0.124 e. The third-order valence-electron chi connectivity index (χ3n) is 3.46. The number of hydrogen-bond donors (Lipinski definition) is 2. The van der Waals surface area contributed by atoms with Crippen LogP contribution in [0.3, 0.4) is 0 Å². The van der Waals surface area contributed by atoms with Crippen LogP contribution in [-0.2, 0) is 0 Å². The molecule has 0 fully saturated rings. The van der Waals surface area contributed by atoms with Crippen molar-refractivity contribution in [2.45, 2.75) is 12.0 Å². The fourth-order valence-corrected chi connectivity index (χ4v) is 3.07. The molecular weight excluding hydrogens is 309 g/mol. The van der Waals surface area contributed by atoms with Crippen LogP contribution in [0.4, 0.5) is 0 Å². The molecule has 0 aromatic heterocycles. The highest BCUT2D eigenvalue weighted by molar-refractivity contribution is 6.36. The highest BCUT2D eigenvalue weighted by Crippen LogP contribution is 2.40. The van der Waals surface area contributed by atoms with E-state index >= 15 is 0 Å². The second-order valence-corrected chi connectivity index (χ2v) is 5.48. The maximum absolute atomic E-state index is 10.7. The second kappa shape index (κ2) is 7.14. The van der Waals surface area contributed by atoms with Crippen molar-refractivity contribution in [3.63, 3.8) is 0 Å². The van der Waals surface area contributed by atoms with E-state index in [1.54, 1.807) is 37.4 Å². The van der Waals surface area contributed by atoms with Crippen LogP contribution < -0.4 is 10.5 Å². The van der Waals surface area contributed by atoms with Crippen LogP contribution in [0.5, 0.6) is 5.75 Å². The van der Waals surface area contributed by atoms with Gasteiger partial charge in [-0.15, -0.1) is 0 Å². The van der Waals surface area contributed by atoms with Crippen LogP contribution in [0.1, 0.15) is 23.1 Å². The van der Waals surface area contributed by atoms with E-state index in [2.05, 4.69) is 0 Å². The lowest BCUT2D eigenvalue weighted by atomic mass is 9.88. The molecule has 2 unspecified atom stereocenters. The highest BCUT2D eigenvalue weighted by Gasteiger charge is 2.27. The molecule has 2 atom stereocenters. The van der Waals surface area contributed by atoms with Crippen molar-refractivity contribution >= 4 is 23.2 Å². The Hall–Kier alpha value is -1.26. The molecule has 2 aromatic rings. The number of aliphatic hydroxyl groups is 1. The summed E-state index contributed by atoms with van der Waals surface area (Å²) in [5, 5.41) is 11.7. The van der Waals surface area contributed by atoms with E-state index in [1.807, 2.05) is 12.1 Å². The standard InChI is InChI=1S/C16H17Cl2NO2/c1-21-14-8-3-2-5-10(14)16(20)11(9-19)15-12(17)6-4-7-13(15)18/h2-8,11,16,20H,9,19H2,1H3. The van der Waals surface area contributed by atoms with Crippen LogP contribution in [0.2, 0.25) is 10.0 Å². The van der Waals surface area contributed by atoms with Crippen molar-refractivity contribution in [1.29, 1.82) is 0 Å². The van der Waals surface area contributed by atoms with Gasteiger partial charge in [-0.2, -0.15) is 0 Å². The van der Waals surface area contributed by atoms with Crippen molar-refractivity contribution in [3.05, 3.63) is 63.6 Å². The summed E-state index contributed by atoms with van der Waals surface area (Å²) in [7, 11) is 1.56. The number of halogens is 2. The van der Waals surface area contributed by atoms with E-state index in [0.29, 0.717) is 26.9 Å². The molecule has 0 spiro atoms. The number of para-hydroxylation sites is 1. The number of nitrogens with two attached hydrogens (primary N) is 1. The minimum absolute atomic E-state index is 0.211. The SMILES string of the molecule is COc1ccccc1C(O)C(CN)c1c(Cl)cccc1Cl. The van der Waals surface area contributed by atoms with Crippen molar-refractivity contribution in [2.75, 3.05) is 13.7 Å². The van der Waals surface area contributed by atoms with E-state index < -0.39 is 12.0 Å². The average Bonchev–Trinajstić information content (AvgIpc) is 2.50. The molecule has 2 aromatic carbocycles. The Bertz CT molecular complexity index is 599. The first kappa shape index (κ1) is 16.1. The molecule has 0 bridgehead atoms. The lowest BCUT2D eigenvalue weighted by Crippen LogP contribution is -2.21. The van der Waals surface area contributed by atoms with Crippen molar-refractivity contribution in [3.8, 4) is 5.75 Å². The maximum atomic E-state index is 10.7. The Balaban J connectivity index is 2.46. The smallest absolute Gasteiger partial charge is 0.124 e. The van der Waals surface area contributed by atoms with Gasteiger partial charge in [0.2, 0.25) is 0 Å². The highest BCUT2D eigenvalue weighted by atomic mass is 35.5. The summed E-state index contributed by atoms with van der Waals surface area (Å²) in [5.74, 6) is 0.189. The molecule has 21 heavy (non-hydrogen) atoms. The third-order valence-corrected chi connectivity index (χ3v) is 4.12. The lowest BCUT2D eigenvalue weighted by molar-refractivity contribution is 0.144. The number of aliphatic hydroxyl groups excluding tert-OH is 1. The molecule has 3 nitrogen and oxygen atoms in total. The van der Waals surface area contributed by atoms with Crippen LogP contribution in [-0.4, -0.2) is 18.8 Å². The second-order valence-electron chi connectivity index (χ2n) is 4.66. The molecule has 3 N–H and O–H groups in total. The van der Waals surface area contributed by atoms with Gasteiger partial charge in [-0.3, -0.25) is 0 Å². The molecule has 0 saturated carbocycles. The van der Waals surface area contributed by atoms with Crippen molar-refractivity contribution < 1.29 is 9.84 Å². The molecule has 5 heteroatoms. The topological polar surface area (TPSA) is 55.5 Å². The van der Waals surface area contributed by atoms with Crippen LogP contribution in [0.25, 0.3) is 0 Å². The van der Waals surface area contributed by atoms with Crippen LogP contribution in [0.15, 0.2) is 42.5 Å². The van der Waals surface area contributed by atoms with Gasteiger partial charge < -0.3 is 15.6 Å². The molecule has 0 heterocycles. The van der Waals surface area contributed by atoms with Crippen LogP contribution >= 0.6 is 23.2 Å². The zero-order chi connectivity index (χ0) is 15.4. The first-order valence-corrected chi connectivity index (χ1v) is 7.30. The number of rotatable bonds is 5. The summed E-state index contributed by atoms with van der Waals surface area (Å²) < 4.78 is 5.29. The van der Waals surface area contributed by atoms with E-state index in [1.165, 1.54) is 0 Å². The van der Waals surface area contributed by atoms with Crippen molar-refractivity contribution in [2.24, 2.45) is 5.73 Å². The third kappa shape index (κ3) is 3.33. The minimum atomic E-state index is -0.858. The largest absolute Gasteiger partial charge is 0.496 e. The van der Waals surface area contributed by atoms with Gasteiger partial charge in [0.15, 0.2) is 0 Å². The molecular formula is C16H17Cl2NO2. The Labute approximate surface area is 134 Å². The van der Waals surface area contributed by atoms with E-state index in [0.717, 1.165) is 0 Å². The molecule has 2 rings (SSSR count). The van der Waals surface area contributed by atoms with Gasteiger partial charge in [0.1, 0.15) is 5.75 Å². The van der Waals surface area contributed by atoms with Crippen LogP contribution in [0, 0.1) is 0 Å². The van der Waals surface area contributed by atoms with Gasteiger partial charge in [0.25, 0.3) is 0 Å². The molecule has 0 aliphatic rings. The van der Waals surface area contributed by atoms with Gasteiger partial charge in [-0.25, -0.2) is 0 Å². The lowest BCUT2D eigenvalue weighted by Gasteiger charge is -2.25. The Morgan fingerprint density at radius 2 is 1.71 bits per heavy atom. The number of methoxy groups -OCH3 is 1. The minimum Gasteiger partial charge on any atom is -0.496 e. The van der Waals surface area contributed by atoms with E-state index in [-0.39, 0.29) is 6.54 Å². The van der Waals surface area contributed by atoms with Gasteiger partial charge in [0, 0.05) is 28.1 Å². The Morgan fingerprint density at radius 3 is 2.29 bits per heavy atom. The molecule has 0 radical (unpaired) electrons. The molecule has 112 valence electrons. The number of hydrogen-bond acceptors (Lipinski definition) is 3. The number of benzene rings is 2. The normalized spacial score (nSPS) is 13.8. The predicted molar refractivity (Wildman–Crippen MR) is 86.2 cm³/mol. The summed E-state index contributed by atoms with van der Waals surface area (Å²) in [5.41, 5.74) is 7.17. The fourth-order valence-electron chi connectivity index (χ4n) is 2.40. The van der Waals surface area contributed by atoms with E-state index in [9.17, 15) is 5.11 Å². The van der Waals surface area contributed by atoms with Gasteiger partial charge in [0.05, 0.1) is 13.2 Å². The first-order chi connectivity index (χ1) is 10.1. The quantitative estimate of drug-likeness (QED) is 0.879. The molecule has 0 aliphatic carbocycles. The first-order valence-electron chi connectivity index (χ1n) is 6.55. The van der Waals surface area contributed by atoms with Gasteiger partial charge in [-0.1, -0.05) is 47.5 Å². The number of ether oxygens (including phenoxy) is 1. The summed E-state index contributed by atoms with van der Waals surface area (Å²) in [6.45, 7) is 0.211. The monoisotopic (exact) mass is 325 g/mol. The van der Waals surface area contributed by atoms with Gasteiger partial charge >= 0.3 is 0 Å². The Morgan fingerprint density at radius 1 is 1.10 bits per heavy atom. The fraction of sp³-hybridized carbons (Fsp3) is 0.250. The predicted octanol–water partition coefficient (Wildman–Crippen LogP) is 3.78. The van der Waals surface area contributed by atoms with Gasteiger partial charge in [-0.05, 0) is 23.8 Å². The Kier molecular flexibility index (Phi) is 5.48. The van der Waals surface area contributed by atoms with E-state index in [4.69, 9.17) is 33.7 Å². The average molecular weight is 326 g/mol. The van der Waals surface area contributed by atoms with Crippen molar-refractivity contribution in [1.82, 2.24) is 0 Å². The molecule has 0 amide bonds. The molecule has 0 aliphatic heterocycles.